The normalized spacial score (nSPS) is 19.8. The molecule has 0 aliphatic rings. The summed E-state index contributed by atoms with van der Waals surface area (Å²) in [5.74, 6) is 0. The lowest BCUT2D eigenvalue weighted by Gasteiger charge is -2.32. The minimum atomic E-state index is -5.03. The highest BCUT2D eigenvalue weighted by molar-refractivity contribution is 7.80. The molecule has 0 bridgehead atoms. The molecule has 0 fully saturated rings. The molecule has 0 aromatic heterocycles. The lowest BCUT2D eigenvalue weighted by molar-refractivity contribution is 0.165. The van der Waals surface area contributed by atoms with Crippen LogP contribution < -0.4 is 0 Å². The summed E-state index contributed by atoms with van der Waals surface area (Å²) in [6.07, 6.45) is 5.83. The Morgan fingerprint density at radius 3 is 2.04 bits per heavy atom. The van der Waals surface area contributed by atoms with E-state index in [4.69, 9.17) is 69.6 Å². The van der Waals surface area contributed by atoms with E-state index < -0.39 is 43.4 Å². The fourth-order valence-corrected chi connectivity index (χ4v) is 4.46. The van der Waals surface area contributed by atoms with Crippen LogP contribution in [-0.2, 0) is 14.6 Å². The van der Waals surface area contributed by atoms with E-state index in [9.17, 15) is 13.0 Å². The summed E-state index contributed by atoms with van der Waals surface area (Å²) in [6.45, 7) is 1.53. The van der Waals surface area contributed by atoms with Gasteiger partial charge in [-0.3, -0.25) is 4.18 Å². The fraction of sp³-hybridized carbons (Fsp3) is 0.867. The molecule has 156 valence electrons. The van der Waals surface area contributed by atoms with Crippen LogP contribution in [0.4, 0.5) is 0 Å². The largest absolute Gasteiger partial charge is 0.726 e. The zero-order valence-corrected chi connectivity index (χ0v) is 19.5. The molecule has 0 aromatic carbocycles. The summed E-state index contributed by atoms with van der Waals surface area (Å²) in [7, 11) is -5.03. The van der Waals surface area contributed by atoms with E-state index in [0.29, 0.717) is 6.42 Å². The molecule has 0 aromatic rings. The topological polar surface area (TPSA) is 66.4 Å². The third kappa shape index (κ3) is 12.0. The Labute approximate surface area is 186 Å². The fourth-order valence-electron chi connectivity index (χ4n) is 2.24. The van der Waals surface area contributed by atoms with Crippen molar-refractivity contribution in [3.63, 3.8) is 0 Å². The summed E-state index contributed by atoms with van der Waals surface area (Å²) in [5.41, 5.74) is 1.50. The predicted molar refractivity (Wildman–Crippen MR) is 111 cm³/mol. The van der Waals surface area contributed by atoms with Crippen molar-refractivity contribution in [1.82, 2.24) is 0 Å². The number of hydrogen-bond acceptors (Lipinski definition) is 4. The molecule has 0 spiro atoms. The highest BCUT2D eigenvalue weighted by Crippen LogP contribution is 2.31. The zero-order valence-electron chi connectivity index (χ0n) is 14.2. The molecule has 6 atom stereocenters. The van der Waals surface area contributed by atoms with E-state index in [-0.39, 0.29) is 0 Å². The SMILES string of the molecule is C[C@H](Cl)[C@H](Cl)[C@H](OS(=O)(=O)[O-])[C@@H](Cl)[C@H](Cl)[C@@H](Cl)CCCCCC/C=C/Cl. The second-order valence-corrected chi connectivity index (χ2v) is 9.87. The van der Waals surface area contributed by atoms with Crippen LogP contribution in [0.25, 0.3) is 0 Å². The van der Waals surface area contributed by atoms with Crippen molar-refractivity contribution in [3.8, 4) is 0 Å². The second kappa shape index (κ2) is 14.4. The number of unbranched alkanes of at least 4 members (excludes halogenated alkanes) is 4. The highest BCUT2D eigenvalue weighted by Gasteiger charge is 2.39. The number of rotatable bonds is 14. The van der Waals surface area contributed by atoms with Crippen molar-refractivity contribution in [2.24, 2.45) is 0 Å². The third-order valence-corrected chi connectivity index (χ3v) is 7.14. The Hall–Kier alpha value is 1.35. The molecule has 0 N–H and O–H groups in total. The van der Waals surface area contributed by atoms with Crippen LogP contribution in [0.2, 0.25) is 0 Å². The molecule has 0 heterocycles. The number of halogens is 6. The molecule has 0 aliphatic heterocycles. The van der Waals surface area contributed by atoms with Crippen molar-refractivity contribution in [2.75, 3.05) is 0 Å². The highest BCUT2D eigenvalue weighted by atomic mass is 35.5. The van der Waals surface area contributed by atoms with Gasteiger partial charge in [0.25, 0.3) is 0 Å². The van der Waals surface area contributed by atoms with Crippen molar-refractivity contribution in [3.05, 3.63) is 11.6 Å². The number of alkyl halides is 5. The smallest absolute Gasteiger partial charge is 0.218 e. The zero-order chi connectivity index (χ0) is 20.3. The van der Waals surface area contributed by atoms with Crippen molar-refractivity contribution in [2.45, 2.75) is 78.4 Å². The lowest BCUT2D eigenvalue weighted by atomic mass is 10.0. The molecule has 0 radical (unpaired) electrons. The van der Waals surface area contributed by atoms with E-state index in [1.165, 1.54) is 12.5 Å². The minimum Gasteiger partial charge on any atom is -0.726 e. The van der Waals surface area contributed by atoms with Gasteiger partial charge in [0, 0.05) is 10.9 Å². The Morgan fingerprint density at radius 2 is 1.54 bits per heavy atom. The van der Waals surface area contributed by atoms with Gasteiger partial charge in [-0.15, -0.1) is 58.0 Å². The Balaban J connectivity index is 4.61. The number of allylic oxidation sites excluding steroid dienone is 1. The van der Waals surface area contributed by atoms with Crippen molar-refractivity contribution < 1.29 is 17.2 Å². The first-order chi connectivity index (χ1) is 12.0. The maximum absolute atomic E-state index is 11.0. The van der Waals surface area contributed by atoms with Crippen molar-refractivity contribution in [1.29, 1.82) is 0 Å². The summed E-state index contributed by atoms with van der Waals surface area (Å²) in [6, 6.07) is 0. The van der Waals surface area contributed by atoms with Crippen molar-refractivity contribution >= 4 is 80.0 Å². The molecule has 0 saturated carbocycles. The van der Waals surface area contributed by atoms with Gasteiger partial charge in [-0.05, 0) is 26.2 Å². The molecule has 11 heteroatoms. The third-order valence-electron chi connectivity index (χ3n) is 3.63. The Morgan fingerprint density at radius 1 is 0.962 bits per heavy atom. The van der Waals surface area contributed by atoms with Gasteiger partial charge in [-0.2, -0.15) is 0 Å². The molecular weight excluding hydrogens is 489 g/mol. The monoisotopic (exact) mass is 509 g/mol. The van der Waals surface area contributed by atoms with Gasteiger partial charge < -0.3 is 4.55 Å². The quantitative estimate of drug-likeness (QED) is 0.124. The standard InChI is InChI=1S/C15H24Cl6O4S/c1-10(17)12(19)15(25-26(22,23)24)14(21)13(20)11(18)8-6-4-2-3-5-7-9-16/h7,9-15H,2-6,8H2,1H3,(H,22,23,24)/p-1/b9-7+/t10-,11-,12-,13+,14-,15-/m0/s1. The van der Waals surface area contributed by atoms with E-state index in [1.807, 2.05) is 6.08 Å². The molecule has 0 amide bonds. The average molecular weight is 512 g/mol. The van der Waals surface area contributed by atoms with Gasteiger partial charge in [-0.25, -0.2) is 8.42 Å². The van der Waals surface area contributed by atoms with Crippen LogP contribution in [0.5, 0.6) is 0 Å². The molecule has 26 heavy (non-hydrogen) atoms. The van der Waals surface area contributed by atoms with Crippen LogP contribution in [0.1, 0.15) is 45.4 Å². The van der Waals surface area contributed by atoms with Gasteiger partial charge in [-0.1, -0.05) is 36.9 Å². The first-order valence-corrected chi connectivity index (χ1v) is 12.1. The maximum atomic E-state index is 11.0. The van der Waals surface area contributed by atoms with Gasteiger partial charge in [0.2, 0.25) is 10.4 Å². The van der Waals surface area contributed by atoms with E-state index in [1.54, 1.807) is 0 Å². The number of hydrogen-bond donors (Lipinski definition) is 0. The van der Waals surface area contributed by atoms with Crippen LogP contribution >= 0.6 is 69.6 Å². The first kappa shape index (κ1) is 27.4. The molecule has 4 nitrogen and oxygen atoms in total. The van der Waals surface area contributed by atoms with E-state index >= 15 is 0 Å². The molecular formula is C15H23Cl6O4S-. The first-order valence-electron chi connectivity index (χ1n) is 8.11. The summed E-state index contributed by atoms with van der Waals surface area (Å²) in [5, 5.41) is -4.26. The second-order valence-electron chi connectivity index (χ2n) is 5.85. The average Bonchev–Trinajstić information content (AvgIpc) is 2.55. The molecule has 0 aliphatic carbocycles. The van der Waals surface area contributed by atoms with Gasteiger partial charge >= 0.3 is 0 Å². The molecule has 0 rings (SSSR count). The van der Waals surface area contributed by atoms with Gasteiger partial charge in [0.15, 0.2) is 0 Å². The van der Waals surface area contributed by atoms with Crippen LogP contribution in [0, 0.1) is 0 Å². The summed E-state index contributed by atoms with van der Waals surface area (Å²) < 4.78 is 37.4. The maximum Gasteiger partial charge on any atom is 0.218 e. The van der Waals surface area contributed by atoms with E-state index in [0.717, 1.165) is 32.1 Å². The Bertz CT molecular complexity index is 502. The van der Waals surface area contributed by atoms with Gasteiger partial charge in [0.1, 0.15) is 6.10 Å². The molecule has 0 saturated heterocycles. The van der Waals surface area contributed by atoms with Gasteiger partial charge in [0.05, 0.1) is 21.5 Å². The molecule has 0 unspecified atom stereocenters. The summed E-state index contributed by atoms with van der Waals surface area (Å²) in [4.78, 5) is 0. The Kier molecular flexibility index (Phi) is 15.1. The predicted octanol–water partition coefficient (Wildman–Crippen LogP) is 5.98. The van der Waals surface area contributed by atoms with Crippen LogP contribution in [0.15, 0.2) is 11.6 Å². The lowest BCUT2D eigenvalue weighted by Crippen LogP contribution is -2.45. The van der Waals surface area contributed by atoms with E-state index in [2.05, 4.69) is 4.18 Å². The summed E-state index contributed by atoms with van der Waals surface area (Å²) >= 11 is 36.2. The minimum absolute atomic E-state index is 0.545. The van der Waals surface area contributed by atoms with Crippen LogP contribution in [-0.4, -0.2) is 46.0 Å². The van der Waals surface area contributed by atoms with Crippen LogP contribution in [0.3, 0.4) is 0 Å².